The third-order valence-electron chi connectivity index (χ3n) is 4.56. The first-order valence-corrected chi connectivity index (χ1v) is 9.67. The molecule has 1 N–H and O–H groups in total. The van der Waals surface area contributed by atoms with Crippen molar-refractivity contribution in [1.29, 1.82) is 0 Å². The second-order valence-electron chi connectivity index (χ2n) is 6.22. The maximum absolute atomic E-state index is 13.9. The minimum atomic E-state index is -4.07. The van der Waals surface area contributed by atoms with E-state index in [2.05, 4.69) is 5.32 Å². The number of nitrogens with one attached hydrogen (secondary N) is 1. The lowest BCUT2D eigenvalue weighted by molar-refractivity contribution is -0.124. The van der Waals surface area contributed by atoms with E-state index in [0.717, 1.165) is 36.1 Å². The van der Waals surface area contributed by atoms with Gasteiger partial charge in [0, 0.05) is 12.6 Å². The molecule has 1 aromatic carbocycles. The molecule has 1 amide bonds. The average Bonchev–Trinajstić information content (AvgIpc) is 3.06. The van der Waals surface area contributed by atoms with Crippen molar-refractivity contribution in [1.82, 2.24) is 9.62 Å². The van der Waals surface area contributed by atoms with E-state index in [1.807, 2.05) is 0 Å². The van der Waals surface area contributed by atoms with Crippen LogP contribution in [0.4, 0.5) is 4.39 Å². The van der Waals surface area contributed by atoms with Gasteiger partial charge in [0.05, 0.1) is 0 Å². The maximum atomic E-state index is 13.9. The number of amides is 1. The molecule has 0 spiro atoms. The largest absolute Gasteiger partial charge is 0.352 e. The Hall–Kier alpha value is -1.73. The highest BCUT2D eigenvalue weighted by atomic mass is 32.2. The van der Waals surface area contributed by atoms with E-state index >= 15 is 0 Å². The molecule has 0 bridgehead atoms. The van der Waals surface area contributed by atoms with Gasteiger partial charge in [0.1, 0.15) is 16.8 Å². The van der Waals surface area contributed by atoms with Crippen LogP contribution in [0.1, 0.15) is 32.1 Å². The number of benzene rings is 1. The average molecular weight is 352 g/mol. The molecular weight excluding hydrogens is 331 g/mol. The van der Waals surface area contributed by atoms with E-state index in [9.17, 15) is 17.6 Å². The van der Waals surface area contributed by atoms with Crippen molar-refractivity contribution in [3.05, 3.63) is 42.2 Å². The molecule has 1 heterocycles. The minimum absolute atomic E-state index is 0.0689. The zero-order valence-corrected chi connectivity index (χ0v) is 14.1. The van der Waals surface area contributed by atoms with Crippen molar-refractivity contribution < 1.29 is 17.6 Å². The zero-order chi connectivity index (χ0) is 17.2. The Bertz CT molecular complexity index is 742. The number of carbonyl (C=O) groups is 1. The molecule has 1 aromatic rings. The molecule has 24 heavy (non-hydrogen) atoms. The fraction of sp³-hybridized carbons (Fsp3) is 0.471. The van der Waals surface area contributed by atoms with Gasteiger partial charge in [-0.15, -0.1) is 0 Å². The van der Waals surface area contributed by atoms with Crippen LogP contribution < -0.4 is 5.32 Å². The van der Waals surface area contributed by atoms with E-state index in [4.69, 9.17) is 0 Å². The molecule has 1 saturated carbocycles. The summed E-state index contributed by atoms with van der Waals surface area (Å²) < 4.78 is 40.4. The van der Waals surface area contributed by atoms with Crippen molar-refractivity contribution in [2.24, 2.45) is 0 Å². The first-order chi connectivity index (χ1) is 11.5. The highest BCUT2D eigenvalue weighted by molar-refractivity contribution is 7.89. The summed E-state index contributed by atoms with van der Waals surface area (Å²) in [7, 11) is -4.07. The highest BCUT2D eigenvalue weighted by Gasteiger charge is 2.38. The Morgan fingerprint density at radius 2 is 1.88 bits per heavy atom. The maximum Gasteiger partial charge on any atom is 0.247 e. The number of nitrogens with zero attached hydrogens (tertiary/aromatic N) is 1. The summed E-state index contributed by atoms with van der Waals surface area (Å²) in [5, 5.41) is 2.94. The molecule has 0 aromatic heterocycles. The summed E-state index contributed by atoms with van der Waals surface area (Å²) >= 11 is 0. The Morgan fingerprint density at radius 3 is 2.58 bits per heavy atom. The van der Waals surface area contributed by atoms with Crippen molar-refractivity contribution >= 4 is 15.9 Å². The Labute approximate surface area is 141 Å². The Balaban J connectivity index is 1.78. The van der Waals surface area contributed by atoms with Gasteiger partial charge in [0.2, 0.25) is 15.9 Å². The van der Waals surface area contributed by atoms with Gasteiger partial charge in [-0.1, -0.05) is 43.5 Å². The highest BCUT2D eigenvalue weighted by Crippen LogP contribution is 2.25. The molecule has 0 saturated heterocycles. The standard InChI is InChI=1S/C17H21FN2O3S/c18-14-9-4-5-11-16(14)24(22,23)20-12-6-10-15(20)17(21)19-13-7-2-1-3-8-13/h4-6,9-11,13,15H,1-3,7-8,12H2,(H,19,21)/t15-/m1/s1. The fourth-order valence-corrected chi connectivity index (χ4v) is 4.85. The van der Waals surface area contributed by atoms with Gasteiger partial charge in [0.15, 0.2) is 0 Å². The SMILES string of the molecule is O=C(NC1CCCCC1)[C@H]1C=CCN1S(=O)(=O)c1ccccc1F. The second-order valence-corrected chi connectivity index (χ2v) is 8.08. The minimum Gasteiger partial charge on any atom is -0.352 e. The zero-order valence-electron chi connectivity index (χ0n) is 13.3. The third-order valence-corrected chi connectivity index (χ3v) is 6.44. The van der Waals surface area contributed by atoms with Crippen LogP contribution in [-0.4, -0.2) is 37.3 Å². The predicted molar refractivity (Wildman–Crippen MR) is 88.2 cm³/mol. The van der Waals surface area contributed by atoms with Crippen LogP contribution in [0.5, 0.6) is 0 Å². The van der Waals surface area contributed by atoms with Crippen LogP contribution in [0.3, 0.4) is 0 Å². The van der Waals surface area contributed by atoms with Gasteiger partial charge in [-0.2, -0.15) is 4.31 Å². The number of hydrogen-bond donors (Lipinski definition) is 1. The molecule has 1 atom stereocenters. The van der Waals surface area contributed by atoms with E-state index in [1.165, 1.54) is 24.6 Å². The van der Waals surface area contributed by atoms with Crippen LogP contribution in [0.25, 0.3) is 0 Å². The molecule has 1 aliphatic carbocycles. The first-order valence-electron chi connectivity index (χ1n) is 8.23. The van der Waals surface area contributed by atoms with Gasteiger partial charge in [-0.05, 0) is 25.0 Å². The van der Waals surface area contributed by atoms with Crippen LogP contribution in [0.2, 0.25) is 0 Å². The van der Waals surface area contributed by atoms with Gasteiger partial charge < -0.3 is 5.32 Å². The van der Waals surface area contributed by atoms with Gasteiger partial charge >= 0.3 is 0 Å². The number of sulfonamides is 1. The van der Waals surface area contributed by atoms with Gasteiger partial charge in [-0.25, -0.2) is 12.8 Å². The smallest absolute Gasteiger partial charge is 0.247 e. The number of hydrogen-bond acceptors (Lipinski definition) is 3. The van der Waals surface area contributed by atoms with E-state index in [-0.39, 0.29) is 18.5 Å². The number of halogens is 1. The quantitative estimate of drug-likeness (QED) is 0.845. The summed E-state index contributed by atoms with van der Waals surface area (Å²) in [6.07, 6.45) is 8.35. The lowest BCUT2D eigenvalue weighted by atomic mass is 9.95. The predicted octanol–water partition coefficient (Wildman–Crippen LogP) is 2.20. The Morgan fingerprint density at radius 1 is 1.17 bits per heavy atom. The molecule has 0 radical (unpaired) electrons. The topological polar surface area (TPSA) is 66.5 Å². The normalized spacial score (nSPS) is 22.6. The van der Waals surface area contributed by atoms with Crippen LogP contribution in [0, 0.1) is 5.82 Å². The third kappa shape index (κ3) is 3.37. The van der Waals surface area contributed by atoms with E-state index < -0.39 is 26.8 Å². The van der Waals surface area contributed by atoms with Crippen molar-refractivity contribution in [2.75, 3.05) is 6.54 Å². The van der Waals surface area contributed by atoms with E-state index in [0.29, 0.717) is 0 Å². The molecule has 5 nitrogen and oxygen atoms in total. The molecule has 2 aliphatic rings. The molecule has 7 heteroatoms. The molecule has 0 unspecified atom stereocenters. The Kier molecular flexibility index (Phi) is 5.01. The molecule has 130 valence electrons. The summed E-state index contributed by atoms with van der Waals surface area (Å²) in [5.41, 5.74) is 0. The first kappa shape index (κ1) is 17.1. The number of rotatable bonds is 4. The molecule has 3 rings (SSSR count). The van der Waals surface area contributed by atoms with Gasteiger partial charge in [-0.3, -0.25) is 4.79 Å². The van der Waals surface area contributed by atoms with E-state index in [1.54, 1.807) is 12.2 Å². The lowest BCUT2D eigenvalue weighted by Crippen LogP contribution is -2.49. The number of carbonyl (C=O) groups excluding carboxylic acids is 1. The molecule has 1 aliphatic heterocycles. The molecular formula is C17H21FN2O3S. The monoisotopic (exact) mass is 352 g/mol. The summed E-state index contributed by atoms with van der Waals surface area (Å²) in [6.45, 7) is 0.0689. The second kappa shape index (κ2) is 7.03. The van der Waals surface area contributed by atoms with Crippen LogP contribution in [-0.2, 0) is 14.8 Å². The van der Waals surface area contributed by atoms with Crippen LogP contribution >= 0.6 is 0 Å². The lowest BCUT2D eigenvalue weighted by Gasteiger charge is -2.27. The van der Waals surface area contributed by atoms with Gasteiger partial charge in [0.25, 0.3) is 0 Å². The summed E-state index contributed by atoms with van der Waals surface area (Å²) in [4.78, 5) is 12.1. The summed E-state index contributed by atoms with van der Waals surface area (Å²) in [5.74, 6) is -1.15. The molecule has 1 fully saturated rings. The van der Waals surface area contributed by atoms with Crippen LogP contribution in [0.15, 0.2) is 41.3 Å². The van der Waals surface area contributed by atoms with Crippen molar-refractivity contribution in [2.45, 2.75) is 49.1 Å². The van der Waals surface area contributed by atoms with Crippen molar-refractivity contribution in [3.63, 3.8) is 0 Å². The summed E-state index contributed by atoms with van der Waals surface area (Å²) in [6, 6.07) is 4.40. The van der Waals surface area contributed by atoms with Crippen molar-refractivity contribution in [3.8, 4) is 0 Å². The fourth-order valence-electron chi connectivity index (χ4n) is 3.28.